The first-order valence-electron chi connectivity index (χ1n) is 7.29. The molecule has 124 valence electrons. The first kappa shape index (κ1) is 16.9. The zero-order valence-electron chi connectivity index (χ0n) is 12.4. The number of aromatic nitrogens is 1. The summed E-state index contributed by atoms with van der Waals surface area (Å²) in [5, 5.41) is 8.91. The predicted molar refractivity (Wildman–Crippen MR) is 79.5 cm³/mol. The Kier molecular flexibility index (Phi) is 5.87. The maximum Gasteiger partial charge on any atom is 0.293 e. The lowest BCUT2D eigenvalue weighted by Crippen LogP contribution is -2.47. The zero-order chi connectivity index (χ0) is 16.0. The Morgan fingerprint density at radius 2 is 2.00 bits per heavy atom. The molecule has 0 aliphatic carbocycles. The molecule has 1 aromatic heterocycles. The quantitative estimate of drug-likeness (QED) is 0.747. The lowest BCUT2D eigenvalue weighted by molar-refractivity contribution is -0.0320. The topological polar surface area (TPSA) is 74.9 Å². The fraction of sp³-hybridized carbons (Fsp3) is 0.643. The summed E-state index contributed by atoms with van der Waals surface area (Å²) < 4.78 is 31.0. The Balaban J connectivity index is 1.84. The van der Waals surface area contributed by atoms with Crippen LogP contribution in [0.25, 0.3) is 0 Å². The van der Waals surface area contributed by atoms with Crippen molar-refractivity contribution in [1.82, 2.24) is 9.88 Å². The van der Waals surface area contributed by atoms with E-state index in [1.54, 1.807) is 12.1 Å². The van der Waals surface area contributed by atoms with E-state index in [1.807, 2.05) is 0 Å². The maximum absolute atomic E-state index is 13.0. The van der Waals surface area contributed by atoms with Gasteiger partial charge in [-0.15, -0.1) is 0 Å². The summed E-state index contributed by atoms with van der Waals surface area (Å²) in [6.07, 6.45) is 1.45. The first-order valence-corrected chi connectivity index (χ1v) is 7.29. The average Bonchev–Trinajstić information content (AvgIpc) is 2.55. The monoisotopic (exact) mass is 316 g/mol. The summed E-state index contributed by atoms with van der Waals surface area (Å²) in [6.45, 7) is 2.73. The SMILES string of the molecule is NCC(F)(F)COc1ccc(N2CCN(CCO)CC2)nc1. The smallest absolute Gasteiger partial charge is 0.293 e. The van der Waals surface area contributed by atoms with Crippen LogP contribution in [0.15, 0.2) is 18.3 Å². The van der Waals surface area contributed by atoms with Gasteiger partial charge in [-0.25, -0.2) is 13.8 Å². The minimum Gasteiger partial charge on any atom is -0.486 e. The van der Waals surface area contributed by atoms with E-state index in [4.69, 9.17) is 15.6 Å². The molecule has 0 saturated carbocycles. The number of ether oxygens (including phenoxy) is 1. The highest BCUT2D eigenvalue weighted by atomic mass is 19.3. The third kappa shape index (κ3) is 4.75. The molecule has 1 saturated heterocycles. The van der Waals surface area contributed by atoms with Crippen LogP contribution < -0.4 is 15.4 Å². The highest BCUT2D eigenvalue weighted by molar-refractivity contribution is 5.41. The van der Waals surface area contributed by atoms with Gasteiger partial charge < -0.3 is 20.5 Å². The molecule has 1 fully saturated rings. The van der Waals surface area contributed by atoms with Crippen LogP contribution in [0.3, 0.4) is 0 Å². The van der Waals surface area contributed by atoms with Gasteiger partial charge in [-0.05, 0) is 12.1 Å². The Labute approximate surface area is 128 Å². The van der Waals surface area contributed by atoms with Crippen LogP contribution in [-0.4, -0.2) is 73.4 Å². The molecule has 8 heteroatoms. The van der Waals surface area contributed by atoms with Gasteiger partial charge in [0.15, 0.2) is 6.61 Å². The molecule has 1 aliphatic heterocycles. The number of β-amino-alcohol motifs (C(OH)–C–C–N with tert-alkyl or cyclic N) is 1. The van der Waals surface area contributed by atoms with Crippen molar-refractivity contribution >= 4 is 5.82 Å². The van der Waals surface area contributed by atoms with Crippen molar-refractivity contribution in [3.8, 4) is 5.75 Å². The molecule has 0 radical (unpaired) electrons. The fourth-order valence-corrected chi connectivity index (χ4v) is 2.23. The molecule has 0 unspecified atom stereocenters. The van der Waals surface area contributed by atoms with Crippen molar-refractivity contribution in [2.75, 3.05) is 57.4 Å². The van der Waals surface area contributed by atoms with Gasteiger partial charge in [0.05, 0.1) is 19.3 Å². The van der Waals surface area contributed by atoms with Crippen LogP contribution in [0.2, 0.25) is 0 Å². The number of aliphatic hydroxyl groups is 1. The Hall–Kier alpha value is -1.51. The average molecular weight is 316 g/mol. The van der Waals surface area contributed by atoms with E-state index in [2.05, 4.69) is 14.8 Å². The fourth-order valence-electron chi connectivity index (χ4n) is 2.23. The molecule has 0 spiro atoms. The van der Waals surface area contributed by atoms with Gasteiger partial charge in [0.25, 0.3) is 5.92 Å². The summed E-state index contributed by atoms with van der Waals surface area (Å²) in [5.74, 6) is -1.93. The van der Waals surface area contributed by atoms with E-state index >= 15 is 0 Å². The summed E-state index contributed by atoms with van der Waals surface area (Å²) in [5.41, 5.74) is 4.95. The lowest BCUT2D eigenvalue weighted by atomic mass is 10.3. The molecule has 3 N–H and O–H groups in total. The van der Waals surface area contributed by atoms with Crippen LogP contribution in [0.4, 0.5) is 14.6 Å². The highest BCUT2D eigenvalue weighted by Gasteiger charge is 2.27. The molecular formula is C14H22F2N4O2. The second-order valence-corrected chi connectivity index (χ2v) is 5.25. The van der Waals surface area contributed by atoms with E-state index in [-0.39, 0.29) is 6.61 Å². The van der Waals surface area contributed by atoms with Crippen molar-refractivity contribution in [3.63, 3.8) is 0 Å². The largest absolute Gasteiger partial charge is 0.486 e. The molecule has 1 aliphatic rings. The Bertz CT molecular complexity index is 451. The van der Waals surface area contributed by atoms with Gasteiger partial charge in [0.1, 0.15) is 11.6 Å². The number of aliphatic hydroxyl groups excluding tert-OH is 1. The van der Waals surface area contributed by atoms with Gasteiger partial charge in [0, 0.05) is 32.7 Å². The molecule has 6 nitrogen and oxygen atoms in total. The lowest BCUT2D eigenvalue weighted by Gasteiger charge is -2.35. The molecule has 22 heavy (non-hydrogen) atoms. The minimum absolute atomic E-state index is 0.164. The van der Waals surface area contributed by atoms with Crippen LogP contribution in [0.5, 0.6) is 5.75 Å². The van der Waals surface area contributed by atoms with Gasteiger partial charge in [-0.3, -0.25) is 4.90 Å². The molecule has 0 aromatic carbocycles. The summed E-state index contributed by atoms with van der Waals surface area (Å²) in [4.78, 5) is 8.56. The number of nitrogens with zero attached hydrogens (tertiary/aromatic N) is 3. The highest BCUT2D eigenvalue weighted by Crippen LogP contribution is 2.19. The van der Waals surface area contributed by atoms with E-state index in [0.29, 0.717) is 12.3 Å². The minimum atomic E-state index is -3.03. The third-order valence-electron chi connectivity index (χ3n) is 3.58. The van der Waals surface area contributed by atoms with E-state index < -0.39 is 19.1 Å². The van der Waals surface area contributed by atoms with Crippen molar-refractivity contribution in [3.05, 3.63) is 18.3 Å². The van der Waals surface area contributed by atoms with Gasteiger partial charge in [-0.1, -0.05) is 0 Å². The van der Waals surface area contributed by atoms with E-state index in [1.165, 1.54) is 6.20 Å². The summed E-state index contributed by atoms with van der Waals surface area (Å²) >= 11 is 0. The number of anilines is 1. The molecule has 0 atom stereocenters. The molecule has 0 bridgehead atoms. The molecular weight excluding hydrogens is 294 g/mol. The van der Waals surface area contributed by atoms with Crippen LogP contribution in [0, 0.1) is 0 Å². The number of pyridine rings is 1. The molecule has 2 rings (SSSR count). The van der Waals surface area contributed by atoms with Crippen LogP contribution in [0.1, 0.15) is 0 Å². The first-order chi connectivity index (χ1) is 10.5. The number of hydrogen-bond donors (Lipinski definition) is 2. The van der Waals surface area contributed by atoms with E-state index in [0.717, 1.165) is 32.0 Å². The van der Waals surface area contributed by atoms with Crippen molar-refractivity contribution < 1.29 is 18.6 Å². The summed E-state index contributed by atoms with van der Waals surface area (Å²) in [7, 11) is 0. The molecule has 1 aromatic rings. The number of piperazine rings is 1. The van der Waals surface area contributed by atoms with E-state index in [9.17, 15) is 8.78 Å². The Morgan fingerprint density at radius 3 is 2.55 bits per heavy atom. The van der Waals surface area contributed by atoms with Crippen molar-refractivity contribution in [2.45, 2.75) is 5.92 Å². The third-order valence-corrected chi connectivity index (χ3v) is 3.58. The van der Waals surface area contributed by atoms with Crippen molar-refractivity contribution in [1.29, 1.82) is 0 Å². The molecule has 2 heterocycles. The zero-order valence-corrected chi connectivity index (χ0v) is 12.4. The van der Waals surface area contributed by atoms with Gasteiger partial charge in [0.2, 0.25) is 0 Å². The predicted octanol–water partition coefficient (Wildman–Crippen LogP) is 0.169. The number of nitrogens with two attached hydrogens (primary N) is 1. The van der Waals surface area contributed by atoms with Crippen molar-refractivity contribution in [2.24, 2.45) is 5.73 Å². The second kappa shape index (κ2) is 7.66. The van der Waals surface area contributed by atoms with Crippen LogP contribution >= 0.6 is 0 Å². The van der Waals surface area contributed by atoms with Gasteiger partial charge >= 0.3 is 0 Å². The summed E-state index contributed by atoms with van der Waals surface area (Å²) in [6, 6.07) is 3.40. The number of rotatable bonds is 7. The van der Waals surface area contributed by atoms with Gasteiger partial charge in [-0.2, -0.15) is 0 Å². The molecule has 0 amide bonds. The number of alkyl halides is 2. The van der Waals surface area contributed by atoms with Crippen LogP contribution in [-0.2, 0) is 0 Å². The second-order valence-electron chi connectivity index (χ2n) is 5.25. The maximum atomic E-state index is 13.0. The number of hydrogen-bond acceptors (Lipinski definition) is 6. The standard InChI is InChI=1S/C14H22F2N4O2/c15-14(16,10-17)11-22-12-1-2-13(18-9-12)20-5-3-19(4-6-20)7-8-21/h1-2,9,21H,3-8,10-11,17H2. The number of halogens is 2. The Morgan fingerprint density at radius 1 is 1.27 bits per heavy atom. The normalized spacial score (nSPS) is 16.8.